The standard InChI is InChI=1S/C23H25FN2O3S/c1-5-17(15-9-6-7-11-18(15)29-13-20(27)26(3)4)25-23(28)22-14(2)21-16(24)10-8-12-19(21)30-22/h6-12,17H,5,13H2,1-4H3,(H,25,28). The van der Waals surface area contributed by atoms with E-state index in [1.165, 1.54) is 22.3 Å². The molecule has 0 spiro atoms. The van der Waals surface area contributed by atoms with E-state index in [1.807, 2.05) is 31.2 Å². The number of likely N-dealkylation sites (N-methyl/N-ethyl adjacent to an activating group) is 1. The zero-order valence-electron chi connectivity index (χ0n) is 17.5. The molecule has 0 fully saturated rings. The summed E-state index contributed by atoms with van der Waals surface area (Å²) in [7, 11) is 3.34. The zero-order valence-corrected chi connectivity index (χ0v) is 18.3. The van der Waals surface area contributed by atoms with Gasteiger partial charge < -0.3 is 15.0 Å². The van der Waals surface area contributed by atoms with Crippen LogP contribution in [0, 0.1) is 12.7 Å². The second-order valence-electron chi connectivity index (χ2n) is 7.22. The van der Waals surface area contributed by atoms with Gasteiger partial charge in [0.05, 0.1) is 10.9 Å². The lowest BCUT2D eigenvalue weighted by Gasteiger charge is -2.21. The SMILES string of the molecule is CCC(NC(=O)c1sc2cccc(F)c2c1C)c1ccccc1OCC(=O)N(C)C. The van der Waals surface area contributed by atoms with Gasteiger partial charge in [0.25, 0.3) is 11.8 Å². The molecule has 3 rings (SSSR count). The van der Waals surface area contributed by atoms with Gasteiger partial charge in [-0.05, 0) is 37.1 Å². The fourth-order valence-electron chi connectivity index (χ4n) is 3.26. The van der Waals surface area contributed by atoms with E-state index in [0.29, 0.717) is 28.0 Å². The van der Waals surface area contributed by atoms with E-state index in [4.69, 9.17) is 4.74 Å². The predicted octanol–water partition coefficient (Wildman–Crippen LogP) is 4.70. The molecule has 7 heteroatoms. The first-order valence-corrected chi connectivity index (χ1v) is 10.6. The fraction of sp³-hybridized carbons (Fsp3) is 0.304. The monoisotopic (exact) mass is 428 g/mol. The molecular formula is C23H25FN2O3S. The average molecular weight is 429 g/mol. The molecule has 0 aliphatic rings. The van der Waals surface area contributed by atoms with Crippen molar-refractivity contribution in [1.82, 2.24) is 10.2 Å². The predicted molar refractivity (Wildman–Crippen MR) is 118 cm³/mol. The Morgan fingerprint density at radius 3 is 2.57 bits per heavy atom. The highest BCUT2D eigenvalue weighted by molar-refractivity contribution is 7.21. The number of hydrogen-bond donors (Lipinski definition) is 1. The molecule has 0 aliphatic carbocycles. The lowest BCUT2D eigenvalue weighted by Crippen LogP contribution is -2.30. The molecule has 0 aliphatic heterocycles. The van der Waals surface area contributed by atoms with Crippen LogP contribution in [0.25, 0.3) is 10.1 Å². The second kappa shape index (κ2) is 9.26. The first kappa shape index (κ1) is 21.8. The lowest BCUT2D eigenvalue weighted by molar-refractivity contribution is -0.130. The van der Waals surface area contributed by atoms with Gasteiger partial charge in [-0.1, -0.05) is 31.2 Å². The number of amides is 2. The smallest absolute Gasteiger partial charge is 0.262 e. The minimum absolute atomic E-state index is 0.0803. The van der Waals surface area contributed by atoms with Crippen LogP contribution in [-0.2, 0) is 4.79 Å². The Bertz CT molecular complexity index is 1080. The summed E-state index contributed by atoms with van der Waals surface area (Å²) in [6.45, 7) is 3.65. The Balaban J connectivity index is 1.84. The molecular weight excluding hydrogens is 403 g/mol. The number of nitrogens with zero attached hydrogens (tertiary/aromatic N) is 1. The van der Waals surface area contributed by atoms with Crippen molar-refractivity contribution in [2.45, 2.75) is 26.3 Å². The highest BCUT2D eigenvalue weighted by atomic mass is 32.1. The third kappa shape index (κ3) is 4.46. The highest BCUT2D eigenvalue weighted by Crippen LogP contribution is 2.34. The molecule has 0 saturated carbocycles. The number of nitrogens with one attached hydrogen (secondary N) is 1. The zero-order chi connectivity index (χ0) is 21.8. The largest absolute Gasteiger partial charge is 0.483 e. The van der Waals surface area contributed by atoms with Gasteiger partial charge in [0.1, 0.15) is 11.6 Å². The molecule has 1 aromatic heterocycles. The normalized spacial score (nSPS) is 11.9. The van der Waals surface area contributed by atoms with Crippen LogP contribution in [0.15, 0.2) is 42.5 Å². The highest BCUT2D eigenvalue weighted by Gasteiger charge is 2.22. The van der Waals surface area contributed by atoms with Gasteiger partial charge in [-0.25, -0.2) is 4.39 Å². The first-order valence-electron chi connectivity index (χ1n) is 9.73. The molecule has 0 saturated heterocycles. The average Bonchev–Trinajstić information content (AvgIpc) is 3.08. The number of fused-ring (bicyclic) bond motifs is 1. The molecule has 30 heavy (non-hydrogen) atoms. The number of thiophene rings is 1. The van der Waals surface area contributed by atoms with Gasteiger partial charge in [0.15, 0.2) is 6.61 Å². The number of para-hydroxylation sites is 1. The molecule has 1 N–H and O–H groups in total. The molecule has 1 heterocycles. The number of carbonyl (C=O) groups is 2. The molecule has 0 bridgehead atoms. The number of rotatable bonds is 7. The first-order chi connectivity index (χ1) is 14.3. The minimum atomic E-state index is -0.323. The van der Waals surface area contributed by atoms with Crippen molar-refractivity contribution in [2.75, 3.05) is 20.7 Å². The summed E-state index contributed by atoms with van der Waals surface area (Å²) in [6.07, 6.45) is 0.631. The third-order valence-electron chi connectivity index (χ3n) is 4.97. The number of aryl methyl sites for hydroxylation is 1. The topological polar surface area (TPSA) is 58.6 Å². The number of ether oxygens (including phenoxy) is 1. The number of halogens is 1. The summed E-state index contributed by atoms with van der Waals surface area (Å²) < 4.78 is 20.7. The van der Waals surface area contributed by atoms with Crippen LogP contribution >= 0.6 is 11.3 Å². The van der Waals surface area contributed by atoms with E-state index >= 15 is 0 Å². The van der Waals surface area contributed by atoms with Crippen LogP contribution in [0.3, 0.4) is 0 Å². The third-order valence-corrected chi connectivity index (χ3v) is 6.22. The summed E-state index contributed by atoms with van der Waals surface area (Å²) in [5, 5.41) is 3.54. The fourth-order valence-corrected chi connectivity index (χ4v) is 4.39. The van der Waals surface area contributed by atoms with Crippen molar-refractivity contribution in [2.24, 2.45) is 0 Å². The summed E-state index contributed by atoms with van der Waals surface area (Å²) in [5.41, 5.74) is 1.44. The second-order valence-corrected chi connectivity index (χ2v) is 8.27. The van der Waals surface area contributed by atoms with E-state index < -0.39 is 0 Å². The quantitative estimate of drug-likeness (QED) is 0.594. The van der Waals surface area contributed by atoms with Crippen LogP contribution in [-0.4, -0.2) is 37.4 Å². The Hall–Kier alpha value is -2.93. The van der Waals surface area contributed by atoms with Crippen molar-refractivity contribution in [3.8, 4) is 5.75 Å². The summed E-state index contributed by atoms with van der Waals surface area (Å²) >= 11 is 1.28. The van der Waals surface area contributed by atoms with Gasteiger partial charge >= 0.3 is 0 Å². The molecule has 0 radical (unpaired) electrons. The van der Waals surface area contributed by atoms with Crippen LogP contribution in [0.1, 0.15) is 40.2 Å². The molecule has 2 amide bonds. The molecule has 158 valence electrons. The molecule has 3 aromatic rings. The number of hydrogen-bond acceptors (Lipinski definition) is 4. The van der Waals surface area contributed by atoms with Crippen LogP contribution < -0.4 is 10.1 Å². The maximum atomic E-state index is 14.2. The van der Waals surface area contributed by atoms with E-state index in [9.17, 15) is 14.0 Å². The van der Waals surface area contributed by atoms with Gasteiger partial charge in [0.2, 0.25) is 0 Å². The van der Waals surface area contributed by atoms with Crippen molar-refractivity contribution < 1.29 is 18.7 Å². The maximum Gasteiger partial charge on any atom is 0.262 e. The van der Waals surface area contributed by atoms with Gasteiger partial charge in [-0.15, -0.1) is 11.3 Å². The van der Waals surface area contributed by atoms with Crippen LogP contribution in [0.2, 0.25) is 0 Å². The number of carbonyl (C=O) groups excluding carboxylic acids is 2. The van der Waals surface area contributed by atoms with Crippen molar-refractivity contribution in [3.05, 3.63) is 64.3 Å². The van der Waals surface area contributed by atoms with E-state index in [-0.39, 0.29) is 30.3 Å². The molecule has 1 unspecified atom stereocenters. The van der Waals surface area contributed by atoms with Crippen molar-refractivity contribution in [1.29, 1.82) is 0 Å². The van der Waals surface area contributed by atoms with E-state index in [0.717, 1.165) is 10.3 Å². The Labute approximate surface area is 179 Å². The molecule has 1 atom stereocenters. The molecule has 2 aromatic carbocycles. The van der Waals surface area contributed by atoms with E-state index in [1.54, 1.807) is 33.2 Å². The summed E-state index contributed by atoms with van der Waals surface area (Å²) in [6, 6.07) is 11.9. The van der Waals surface area contributed by atoms with E-state index in [2.05, 4.69) is 5.32 Å². The minimum Gasteiger partial charge on any atom is -0.483 e. The van der Waals surface area contributed by atoms with Crippen molar-refractivity contribution in [3.63, 3.8) is 0 Å². The molecule has 5 nitrogen and oxygen atoms in total. The summed E-state index contributed by atoms with van der Waals surface area (Å²) in [4.78, 5) is 26.9. The van der Waals surface area contributed by atoms with Crippen LogP contribution in [0.4, 0.5) is 4.39 Å². The summed E-state index contributed by atoms with van der Waals surface area (Å²) in [5.74, 6) is -0.167. The maximum absolute atomic E-state index is 14.2. The Kier molecular flexibility index (Phi) is 6.72. The number of benzene rings is 2. The van der Waals surface area contributed by atoms with Crippen molar-refractivity contribution >= 4 is 33.2 Å². The van der Waals surface area contributed by atoms with Gasteiger partial charge in [-0.3, -0.25) is 9.59 Å². The Morgan fingerprint density at radius 1 is 1.17 bits per heavy atom. The van der Waals surface area contributed by atoms with Gasteiger partial charge in [0, 0.05) is 29.7 Å². The van der Waals surface area contributed by atoms with Crippen LogP contribution in [0.5, 0.6) is 5.75 Å². The lowest BCUT2D eigenvalue weighted by atomic mass is 10.0. The van der Waals surface area contributed by atoms with Gasteiger partial charge in [-0.2, -0.15) is 0 Å². The Morgan fingerprint density at radius 2 is 1.90 bits per heavy atom.